The number of alkyl carbamates (subject to hydrolysis) is 1. The molecule has 8 unspecified atom stereocenters. The minimum Gasteiger partial charge on any atom is -0.444 e. The van der Waals surface area contributed by atoms with Crippen LogP contribution in [-0.4, -0.2) is 154 Å². The van der Waals surface area contributed by atoms with Crippen molar-refractivity contribution in [2.24, 2.45) is 0 Å². The van der Waals surface area contributed by atoms with Gasteiger partial charge in [0.15, 0.2) is 29.9 Å². The molecule has 296 valence electrons. The van der Waals surface area contributed by atoms with E-state index in [9.17, 15) is 29.1 Å². The van der Waals surface area contributed by atoms with E-state index >= 15 is 0 Å². The summed E-state index contributed by atoms with van der Waals surface area (Å²) in [4.78, 5) is 69.8. The molecule has 2 amide bonds. The minimum atomic E-state index is -1.29. The molecule has 53 heavy (non-hydrogen) atoms. The van der Waals surface area contributed by atoms with Crippen LogP contribution in [-0.2, 0) is 47.5 Å². The third kappa shape index (κ3) is 7.95. The highest BCUT2D eigenvalue weighted by molar-refractivity contribution is 5.91. The summed E-state index contributed by atoms with van der Waals surface area (Å²) in [7, 11) is 3.03. The SMILES string of the molecule is CC(=O)[C@@H]1[C@@H](O)CN(C)[C@@H]([C@H](OC2OC(CNC(=O)OC(C)(C)C)C3OC(C)(C)OC23)C2OC(n3ccc(=O)[nH]c3=O)C3OC(C)(C)OC32)C(=O)N1C. The van der Waals surface area contributed by atoms with Crippen LogP contribution < -0.4 is 16.6 Å². The summed E-state index contributed by atoms with van der Waals surface area (Å²) in [6.07, 6.45) is -9.67. The third-order valence-corrected chi connectivity index (χ3v) is 9.82. The summed E-state index contributed by atoms with van der Waals surface area (Å²) in [5, 5.41) is 13.8. The summed E-state index contributed by atoms with van der Waals surface area (Å²) >= 11 is 0. The van der Waals surface area contributed by atoms with Crippen molar-refractivity contribution in [2.75, 3.05) is 27.2 Å². The number of aromatic nitrogens is 2. The fourth-order valence-corrected chi connectivity index (χ4v) is 7.86. The van der Waals surface area contributed by atoms with Gasteiger partial charge in [-0.15, -0.1) is 0 Å². The molecule has 0 radical (unpaired) electrons. The average molecular weight is 754 g/mol. The molecule has 6 heterocycles. The first-order valence-corrected chi connectivity index (χ1v) is 17.7. The van der Waals surface area contributed by atoms with Gasteiger partial charge in [0, 0.05) is 32.4 Å². The number of amides is 2. The highest BCUT2D eigenvalue weighted by atomic mass is 16.8. The quantitative estimate of drug-likeness (QED) is 0.296. The van der Waals surface area contributed by atoms with Crippen molar-refractivity contribution in [3.63, 3.8) is 0 Å². The van der Waals surface area contributed by atoms with Gasteiger partial charge < -0.3 is 53.2 Å². The molecular weight excluding hydrogens is 702 g/mol. The van der Waals surface area contributed by atoms with Crippen LogP contribution >= 0.6 is 0 Å². The van der Waals surface area contributed by atoms with Crippen molar-refractivity contribution in [3.05, 3.63) is 33.1 Å². The van der Waals surface area contributed by atoms with E-state index in [0.29, 0.717) is 0 Å². The number of H-pyrrole nitrogens is 1. The molecule has 5 aliphatic rings. The maximum atomic E-state index is 14.5. The summed E-state index contributed by atoms with van der Waals surface area (Å²) < 4.78 is 51.4. The molecule has 12 atom stereocenters. The van der Waals surface area contributed by atoms with E-state index in [1.807, 2.05) is 0 Å². The fourth-order valence-electron chi connectivity index (χ4n) is 7.86. The van der Waals surface area contributed by atoms with Gasteiger partial charge in [-0.1, -0.05) is 0 Å². The number of aromatic amines is 1. The number of hydrogen-bond acceptors (Lipinski definition) is 15. The highest BCUT2D eigenvalue weighted by Gasteiger charge is 2.63. The molecule has 1 aromatic heterocycles. The number of hydrogen-bond donors (Lipinski definition) is 3. The number of rotatable bonds is 8. The maximum absolute atomic E-state index is 14.5. The Hall–Kier alpha value is -3.27. The Morgan fingerprint density at radius 2 is 1.62 bits per heavy atom. The van der Waals surface area contributed by atoms with Crippen LogP contribution in [0.3, 0.4) is 0 Å². The molecule has 19 heteroatoms. The molecule has 5 aliphatic heterocycles. The molecule has 0 spiro atoms. The molecule has 6 rings (SSSR count). The number of ketones is 1. The Kier molecular flexibility index (Phi) is 10.5. The number of β-amino-alcohol motifs (C(OH)–C–C–N with tert-alkyl or cyclic N) is 1. The second-order valence-corrected chi connectivity index (χ2v) is 16.1. The van der Waals surface area contributed by atoms with E-state index in [1.165, 1.54) is 31.1 Å². The number of fused-ring (bicyclic) bond motifs is 2. The zero-order valence-electron chi connectivity index (χ0n) is 31.6. The number of ether oxygens (including phenoxy) is 8. The lowest BCUT2D eigenvalue weighted by Crippen LogP contribution is -2.59. The van der Waals surface area contributed by atoms with Crippen LogP contribution in [0.5, 0.6) is 0 Å². The monoisotopic (exact) mass is 753 g/mol. The van der Waals surface area contributed by atoms with Crippen LogP contribution in [0, 0.1) is 0 Å². The summed E-state index contributed by atoms with van der Waals surface area (Å²) in [5.74, 6) is -3.23. The molecule has 0 saturated carbocycles. The van der Waals surface area contributed by atoms with Gasteiger partial charge in [-0.3, -0.25) is 28.8 Å². The predicted octanol–water partition coefficient (Wildman–Crippen LogP) is -0.800. The van der Waals surface area contributed by atoms with E-state index < -0.39 is 120 Å². The molecule has 1 aromatic rings. The first-order valence-electron chi connectivity index (χ1n) is 17.7. The number of likely N-dealkylation sites (N-methyl/N-ethyl adjacent to an activating group) is 2. The van der Waals surface area contributed by atoms with Crippen molar-refractivity contribution in [1.29, 1.82) is 0 Å². The summed E-state index contributed by atoms with van der Waals surface area (Å²) in [6, 6.07) is -1.20. The highest BCUT2D eigenvalue weighted by Crippen LogP contribution is 2.46. The van der Waals surface area contributed by atoms with Gasteiger partial charge in [0.25, 0.3) is 5.56 Å². The minimum absolute atomic E-state index is 0.0372. The van der Waals surface area contributed by atoms with E-state index in [4.69, 9.17) is 37.9 Å². The second kappa shape index (κ2) is 14.1. The molecule has 0 bridgehead atoms. The van der Waals surface area contributed by atoms with Crippen molar-refractivity contribution >= 4 is 17.8 Å². The molecule has 5 fully saturated rings. The van der Waals surface area contributed by atoms with Crippen molar-refractivity contribution in [1.82, 2.24) is 24.7 Å². The Balaban J connectivity index is 1.39. The Labute approximate surface area is 306 Å². The molecule has 19 nitrogen and oxygen atoms in total. The van der Waals surface area contributed by atoms with E-state index in [-0.39, 0.29) is 13.1 Å². The molecular formula is C34H51N5O14. The van der Waals surface area contributed by atoms with Crippen LogP contribution in [0.1, 0.15) is 61.6 Å². The number of carbonyl (C=O) groups excluding carboxylic acids is 3. The van der Waals surface area contributed by atoms with Crippen LogP contribution in [0.15, 0.2) is 21.9 Å². The van der Waals surface area contributed by atoms with E-state index in [2.05, 4.69) is 10.3 Å². The summed E-state index contributed by atoms with van der Waals surface area (Å²) in [5.41, 5.74) is -2.11. The number of nitrogens with zero attached hydrogens (tertiary/aromatic N) is 3. The number of nitrogens with one attached hydrogen (secondary N) is 2. The fraction of sp³-hybridized carbons (Fsp3) is 0.794. The second-order valence-electron chi connectivity index (χ2n) is 16.1. The van der Waals surface area contributed by atoms with Gasteiger partial charge in [0.1, 0.15) is 60.4 Å². The zero-order valence-corrected chi connectivity index (χ0v) is 31.6. The maximum Gasteiger partial charge on any atom is 0.407 e. The van der Waals surface area contributed by atoms with Crippen molar-refractivity contribution in [3.8, 4) is 0 Å². The normalized spacial score (nSPS) is 37.2. The lowest BCUT2D eigenvalue weighted by Gasteiger charge is -2.39. The predicted molar refractivity (Wildman–Crippen MR) is 180 cm³/mol. The average Bonchev–Trinajstić information content (AvgIpc) is 3.69. The van der Waals surface area contributed by atoms with Gasteiger partial charge in [-0.25, -0.2) is 9.59 Å². The smallest absolute Gasteiger partial charge is 0.407 e. The lowest BCUT2D eigenvalue weighted by molar-refractivity contribution is -0.271. The number of aliphatic hydroxyl groups is 1. The number of Topliss-reactive ketones (excluding diaryl/α,β-unsaturated/α-hetero) is 1. The zero-order chi connectivity index (χ0) is 38.9. The largest absolute Gasteiger partial charge is 0.444 e. The molecule has 0 aromatic carbocycles. The Morgan fingerprint density at radius 3 is 2.25 bits per heavy atom. The first-order chi connectivity index (χ1) is 24.6. The van der Waals surface area contributed by atoms with Crippen molar-refractivity contribution in [2.45, 2.75) is 146 Å². The van der Waals surface area contributed by atoms with Crippen LogP contribution in [0.25, 0.3) is 0 Å². The van der Waals surface area contributed by atoms with E-state index in [0.717, 1.165) is 4.57 Å². The van der Waals surface area contributed by atoms with Gasteiger partial charge >= 0.3 is 11.8 Å². The van der Waals surface area contributed by atoms with Crippen LogP contribution in [0.4, 0.5) is 4.79 Å². The molecule has 3 N–H and O–H groups in total. The van der Waals surface area contributed by atoms with Gasteiger partial charge in [0.2, 0.25) is 5.91 Å². The van der Waals surface area contributed by atoms with E-state index in [1.54, 1.807) is 60.4 Å². The van der Waals surface area contributed by atoms with Gasteiger partial charge in [0.05, 0.1) is 6.10 Å². The Bertz CT molecular complexity index is 1690. The molecule has 0 aliphatic carbocycles. The number of aliphatic hydroxyl groups excluding tert-OH is 1. The molecule has 5 saturated heterocycles. The Morgan fingerprint density at radius 1 is 1.00 bits per heavy atom. The topological polar surface area (TPSA) is 219 Å². The first kappa shape index (κ1) is 39.4. The lowest BCUT2D eigenvalue weighted by atomic mass is 9.97. The van der Waals surface area contributed by atoms with Gasteiger partial charge in [-0.2, -0.15) is 0 Å². The van der Waals surface area contributed by atoms with Crippen LogP contribution in [0.2, 0.25) is 0 Å². The van der Waals surface area contributed by atoms with Gasteiger partial charge in [-0.05, 0) is 62.4 Å². The van der Waals surface area contributed by atoms with Crippen molar-refractivity contribution < 1.29 is 57.4 Å². The summed E-state index contributed by atoms with van der Waals surface area (Å²) in [6.45, 7) is 13.2. The number of carbonyl (C=O) groups is 3. The standard InChI is InChI=1S/C34H51N5O14/c1-15(40)19-16(41)14-37(9)20(27(43)38(19)10)22(23-24-25(51-34(7,8)50-24)28(47-23)39-12-11-18(42)36-30(39)44)48-29-26-21(49-33(5,6)52-26)17(46-29)13-35-31(45)53-32(2,3)4/h11-12,16-17,19-26,28-29,41H,13-14H2,1-10H3,(H,35,45)(H,36,42,44)/t16-,17?,19+,20-,21?,22-,23?,24?,25?,26?,28?,29?/m0/s1. The third-order valence-electron chi connectivity index (χ3n) is 9.82.